The van der Waals surface area contributed by atoms with Gasteiger partial charge in [0.2, 0.25) is 0 Å². The minimum absolute atomic E-state index is 0.170. The predicted molar refractivity (Wildman–Crippen MR) is 122 cm³/mol. The molecule has 4 rings (SSSR count). The SMILES string of the molecule is CC(CCCC(C)C1CCC2C3C(O)CC4C[C@H](O)CCC4(C)C3CCC12C)C(=O)O. The van der Waals surface area contributed by atoms with Crippen LogP contribution in [0.2, 0.25) is 0 Å². The van der Waals surface area contributed by atoms with Crippen molar-refractivity contribution in [1.82, 2.24) is 0 Å². The maximum Gasteiger partial charge on any atom is 0.306 e. The van der Waals surface area contributed by atoms with Gasteiger partial charge in [0.15, 0.2) is 0 Å². The van der Waals surface area contributed by atoms with Gasteiger partial charge in [-0.1, -0.05) is 40.5 Å². The molecule has 0 bridgehead atoms. The third-order valence-electron chi connectivity index (χ3n) is 11.1. The minimum Gasteiger partial charge on any atom is -0.481 e. The molecule has 0 aromatic rings. The number of hydrogen-bond acceptors (Lipinski definition) is 3. The number of aliphatic hydroxyl groups is 2. The molecule has 4 saturated carbocycles. The third kappa shape index (κ3) is 3.98. The lowest BCUT2D eigenvalue weighted by atomic mass is 9.43. The van der Waals surface area contributed by atoms with Crippen molar-refractivity contribution in [3.8, 4) is 0 Å². The highest BCUT2D eigenvalue weighted by molar-refractivity contribution is 5.69. The van der Waals surface area contributed by atoms with E-state index in [4.69, 9.17) is 5.11 Å². The molecule has 0 radical (unpaired) electrons. The molecule has 4 aliphatic carbocycles. The summed E-state index contributed by atoms with van der Waals surface area (Å²) in [6.45, 7) is 9.22. The second-order valence-electron chi connectivity index (χ2n) is 12.6. The second kappa shape index (κ2) is 8.63. The van der Waals surface area contributed by atoms with Gasteiger partial charge in [0.05, 0.1) is 18.1 Å². The van der Waals surface area contributed by atoms with Crippen LogP contribution in [0.4, 0.5) is 0 Å². The van der Waals surface area contributed by atoms with Gasteiger partial charge in [0, 0.05) is 0 Å². The van der Waals surface area contributed by atoms with Crippen molar-refractivity contribution < 1.29 is 20.1 Å². The van der Waals surface area contributed by atoms with Crippen LogP contribution in [0, 0.1) is 52.3 Å². The molecule has 0 aliphatic heterocycles. The van der Waals surface area contributed by atoms with Crippen LogP contribution >= 0.6 is 0 Å². The highest BCUT2D eigenvalue weighted by Crippen LogP contribution is 2.68. The molecule has 10 unspecified atom stereocenters. The normalized spacial score (nSPS) is 48.9. The van der Waals surface area contributed by atoms with E-state index in [1.807, 2.05) is 6.92 Å². The average Bonchev–Trinajstić information content (AvgIpc) is 3.06. The Bertz CT molecular complexity index is 664. The Morgan fingerprint density at radius 2 is 1.61 bits per heavy atom. The number of carboxylic acid groups (broad SMARTS) is 1. The molecular formula is C27H46O4. The van der Waals surface area contributed by atoms with Crippen LogP contribution in [-0.4, -0.2) is 33.5 Å². The highest BCUT2D eigenvalue weighted by Gasteiger charge is 2.62. The number of aliphatic carboxylic acids is 1. The molecule has 4 heteroatoms. The molecule has 0 heterocycles. The molecule has 31 heavy (non-hydrogen) atoms. The van der Waals surface area contributed by atoms with Crippen molar-refractivity contribution in [3.05, 3.63) is 0 Å². The van der Waals surface area contributed by atoms with Gasteiger partial charge >= 0.3 is 5.97 Å². The fourth-order valence-corrected chi connectivity index (χ4v) is 9.25. The van der Waals surface area contributed by atoms with Gasteiger partial charge in [-0.15, -0.1) is 0 Å². The van der Waals surface area contributed by atoms with E-state index in [0.29, 0.717) is 46.3 Å². The molecule has 0 aromatic heterocycles. The summed E-state index contributed by atoms with van der Waals surface area (Å²) in [5.74, 6) is 2.55. The third-order valence-corrected chi connectivity index (χ3v) is 11.1. The summed E-state index contributed by atoms with van der Waals surface area (Å²) in [5, 5.41) is 30.8. The topological polar surface area (TPSA) is 77.8 Å². The van der Waals surface area contributed by atoms with Crippen LogP contribution in [0.3, 0.4) is 0 Å². The number of aliphatic hydroxyl groups excluding tert-OH is 2. The summed E-state index contributed by atoms with van der Waals surface area (Å²) in [7, 11) is 0. The van der Waals surface area contributed by atoms with E-state index in [2.05, 4.69) is 20.8 Å². The molecule has 178 valence electrons. The number of carboxylic acids is 1. The Kier molecular flexibility index (Phi) is 6.55. The standard InChI is InChI=1S/C27H46O4/c1-16(6-5-7-17(2)25(30)31)20-8-9-21-24-22(11-13-27(20,21)4)26(3)12-10-19(28)14-18(26)15-23(24)29/h16-24,28-29H,5-15H2,1-4H3,(H,30,31)/t16?,17?,18?,19-,20?,21?,22?,23?,24?,26?,27?/m1/s1. The first-order valence-electron chi connectivity index (χ1n) is 13.2. The highest BCUT2D eigenvalue weighted by atomic mass is 16.4. The van der Waals surface area contributed by atoms with Crippen LogP contribution in [-0.2, 0) is 4.79 Å². The van der Waals surface area contributed by atoms with Crippen molar-refractivity contribution in [1.29, 1.82) is 0 Å². The number of fused-ring (bicyclic) bond motifs is 5. The van der Waals surface area contributed by atoms with Crippen LogP contribution < -0.4 is 0 Å². The molecule has 4 aliphatic rings. The van der Waals surface area contributed by atoms with E-state index in [9.17, 15) is 15.0 Å². The lowest BCUT2D eigenvalue weighted by Crippen LogP contribution is -2.58. The molecule has 0 aromatic carbocycles. The van der Waals surface area contributed by atoms with Gasteiger partial charge in [-0.05, 0) is 104 Å². The Labute approximate surface area is 189 Å². The van der Waals surface area contributed by atoms with Crippen molar-refractivity contribution in [2.75, 3.05) is 0 Å². The van der Waals surface area contributed by atoms with Crippen molar-refractivity contribution >= 4 is 5.97 Å². The van der Waals surface area contributed by atoms with Gasteiger partial charge in [-0.25, -0.2) is 0 Å². The van der Waals surface area contributed by atoms with E-state index in [1.54, 1.807) is 0 Å². The van der Waals surface area contributed by atoms with Gasteiger partial charge in [-0.3, -0.25) is 4.79 Å². The van der Waals surface area contributed by atoms with Gasteiger partial charge < -0.3 is 15.3 Å². The summed E-state index contributed by atoms with van der Waals surface area (Å²) in [4.78, 5) is 11.1. The molecular weight excluding hydrogens is 388 g/mol. The lowest BCUT2D eigenvalue weighted by molar-refractivity contribution is -0.174. The smallest absolute Gasteiger partial charge is 0.306 e. The van der Waals surface area contributed by atoms with Crippen LogP contribution in [0.25, 0.3) is 0 Å². The first-order chi connectivity index (χ1) is 14.6. The zero-order chi connectivity index (χ0) is 22.6. The first kappa shape index (κ1) is 23.5. The molecule has 11 atom stereocenters. The fourth-order valence-electron chi connectivity index (χ4n) is 9.25. The zero-order valence-electron chi connectivity index (χ0n) is 20.2. The zero-order valence-corrected chi connectivity index (χ0v) is 20.2. The first-order valence-corrected chi connectivity index (χ1v) is 13.2. The number of carbonyl (C=O) groups is 1. The Morgan fingerprint density at radius 3 is 2.32 bits per heavy atom. The largest absolute Gasteiger partial charge is 0.481 e. The Hall–Kier alpha value is -0.610. The van der Waals surface area contributed by atoms with Gasteiger partial charge in [0.25, 0.3) is 0 Å². The van der Waals surface area contributed by atoms with E-state index >= 15 is 0 Å². The molecule has 0 saturated heterocycles. The summed E-state index contributed by atoms with van der Waals surface area (Å²) in [6.07, 6.45) is 11.4. The minimum atomic E-state index is -0.674. The lowest BCUT2D eigenvalue weighted by Gasteiger charge is -2.62. The summed E-state index contributed by atoms with van der Waals surface area (Å²) in [5.41, 5.74) is 0.610. The van der Waals surface area contributed by atoms with Crippen LogP contribution in [0.5, 0.6) is 0 Å². The molecule has 0 amide bonds. The van der Waals surface area contributed by atoms with Gasteiger partial charge in [-0.2, -0.15) is 0 Å². The van der Waals surface area contributed by atoms with Crippen molar-refractivity contribution in [2.24, 2.45) is 52.3 Å². The molecule has 4 fully saturated rings. The van der Waals surface area contributed by atoms with Crippen molar-refractivity contribution in [3.63, 3.8) is 0 Å². The summed E-state index contributed by atoms with van der Waals surface area (Å²) in [6, 6.07) is 0. The van der Waals surface area contributed by atoms with E-state index in [-0.39, 0.29) is 18.1 Å². The van der Waals surface area contributed by atoms with E-state index < -0.39 is 5.97 Å². The fraction of sp³-hybridized carbons (Fsp3) is 0.963. The van der Waals surface area contributed by atoms with Crippen LogP contribution in [0.1, 0.15) is 98.3 Å². The summed E-state index contributed by atoms with van der Waals surface area (Å²) < 4.78 is 0. The van der Waals surface area contributed by atoms with Crippen molar-refractivity contribution in [2.45, 2.75) is 111 Å². The number of rotatable bonds is 6. The number of hydrogen-bond donors (Lipinski definition) is 3. The monoisotopic (exact) mass is 434 g/mol. The predicted octanol–water partition coefficient (Wildman–Crippen LogP) is 5.50. The van der Waals surface area contributed by atoms with E-state index in [0.717, 1.165) is 44.9 Å². The second-order valence-corrected chi connectivity index (χ2v) is 12.6. The maximum atomic E-state index is 11.3. The Balaban J connectivity index is 1.46. The molecule has 0 spiro atoms. The maximum absolute atomic E-state index is 11.3. The van der Waals surface area contributed by atoms with Crippen LogP contribution in [0.15, 0.2) is 0 Å². The summed E-state index contributed by atoms with van der Waals surface area (Å²) >= 11 is 0. The molecule has 4 nitrogen and oxygen atoms in total. The van der Waals surface area contributed by atoms with Gasteiger partial charge in [0.1, 0.15) is 0 Å². The Morgan fingerprint density at radius 1 is 0.935 bits per heavy atom. The molecule has 3 N–H and O–H groups in total. The van der Waals surface area contributed by atoms with E-state index in [1.165, 1.54) is 25.7 Å². The average molecular weight is 435 g/mol. The quantitative estimate of drug-likeness (QED) is 0.515.